The van der Waals surface area contributed by atoms with E-state index in [2.05, 4.69) is 12.2 Å². The zero-order valence-electron chi connectivity index (χ0n) is 11.6. The summed E-state index contributed by atoms with van der Waals surface area (Å²) < 4.78 is 22.4. The smallest absolute Gasteiger partial charge is 0.168 e. The topological polar surface area (TPSA) is 46.2 Å². The molecule has 0 radical (unpaired) electrons. The standard InChI is InChI=1S/C16H16ClNO2S/c1-10-5-12(17)7-14-15(10)8-18-9-16(14)11-3-2-4-13(6-11)21(19)20/h2-7,16,18,21H,8-9H2,1H3/t16-/m0/s1. The molecule has 1 atom stereocenters. The number of fused-ring (bicyclic) bond motifs is 1. The Balaban J connectivity index is 2.12. The summed E-state index contributed by atoms with van der Waals surface area (Å²) in [5, 5.41) is 4.13. The normalized spacial score (nSPS) is 17.8. The lowest BCUT2D eigenvalue weighted by Gasteiger charge is -2.28. The molecule has 3 rings (SSSR count). The maximum atomic E-state index is 11.2. The first-order valence-electron chi connectivity index (χ1n) is 6.80. The van der Waals surface area contributed by atoms with Gasteiger partial charge in [0.05, 0.1) is 4.90 Å². The zero-order valence-corrected chi connectivity index (χ0v) is 13.2. The molecule has 0 aliphatic carbocycles. The fourth-order valence-corrected chi connectivity index (χ4v) is 3.70. The second kappa shape index (κ2) is 5.79. The predicted octanol–water partition coefficient (Wildman–Crippen LogP) is 2.85. The van der Waals surface area contributed by atoms with Gasteiger partial charge in [-0.25, -0.2) is 8.42 Å². The fourth-order valence-electron chi connectivity index (χ4n) is 2.96. The van der Waals surface area contributed by atoms with Gasteiger partial charge in [-0.05, 0) is 53.4 Å². The predicted molar refractivity (Wildman–Crippen MR) is 84.8 cm³/mol. The van der Waals surface area contributed by atoms with Gasteiger partial charge in [0.25, 0.3) is 0 Å². The number of hydrogen-bond acceptors (Lipinski definition) is 3. The molecule has 2 aromatic rings. The van der Waals surface area contributed by atoms with E-state index < -0.39 is 10.7 Å². The van der Waals surface area contributed by atoms with E-state index in [1.54, 1.807) is 18.2 Å². The molecule has 110 valence electrons. The molecule has 3 nitrogen and oxygen atoms in total. The second-order valence-electron chi connectivity index (χ2n) is 5.33. The van der Waals surface area contributed by atoms with Crippen LogP contribution in [0.1, 0.15) is 28.2 Å². The highest BCUT2D eigenvalue weighted by atomic mass is 35.5. The van der Waals surface area contributed by atoms with E-state index in [1.807, 2.05) is 18.2 Å². The van der Waals surface area contributed by atoms with E-state index in [0.717, 1.165) is 23.7 Å². The van der Waals surface area contributed by atoms with Gasteiger partial charge in [0, 0.05) is 24.0 Å². The van der Waals surface area contributed by atoms with E-state index in [1.165, 1.54) is 16.7 Å². The lowest BCUT2D eigenvalue weighted by molar-refractivity contribution is 0.587. The molecule has 1 heterocycles. The van der Waals surface area contributed by atoms with Gasteiger partial charge in [-0.3, -0.25) is 0 Å². The average molecular weight is 322 g/mol. The van der Waals surface area contributed by atoms with Crippen LogP contribution in [0.4, 0.5) is 0 Å². The molecule has 0 unspecified atom stereocenters. The third-order valence-electron chi connectivity index (χ3n) is 3.98. The Morgan fingerprint density at radius 3 is 2.81 bits per heavy atom. The van der Waals surface area contributed by atoms with Gasteiger partial charge in [0.1, 0.15) is 0 Å². The Bertz CT molecular complexity index is 763. The molecule has 0 saturated carbocycles. The van der Waals surface area contributed by atoms with Gasteiger partial charge >= 0.3 is 0 Å². The Hall–Kier alpha value is -1.36. The number of aryl methyl sites for hydroxylation is 1. The van der Waals surface area contributed by atoms with Crippen LogP contribution >= 0.6 is 11.6 Å². The summed E-state index contributed by atoms with van der Waals surface area (Å²) in [6.45, 7) is 3.66. The minimum Gasteiger partial charge on any atom is -0.312 e. The van der Waals surface area contributed by atoms with Crippen molar-refractivity contribution in [2.45, 2.75) is 24.3 Å². The third-order valence-corrected chi connectivity index (χ3v) is 4.90. The second-order valence-corrected chi connectivity index (χ2v) is 6.79. The first kappa shape index (κ1) is 14.6. The first-order valence-corrected chi connectivity index (χ1v) is 8.36. The first-order chi connectivity index (χ1) is 10.1. The molecular formula is C16H16ClNO2S. The van der Waals surface area contributed by atoms with Crippen LogP contribution in [-0.4, -0.2) is 15.0 Å². The molecule has 0 aromatic heterocycles. The highest BCUT2D eigenvalue weighted by Gasteiger charge is 2.23. The molecule has 0 spiro atoms. The van der Waals surface area contributed by atoms with Gasteiger partial charge in [-0.1, -0.05) is 23.7 Å². The summed E-state index contributed by atoms with van der Waals surface area (Å²) in [7, 11) is -2.56. The minimum atomic E-state index is -2.56. The van der Waals surface area contributed by atoms with Crippen molar-refractivity contribution in [1.82, 2.24) is 5.32 Å². The van der Waals surface area contributed by atoms with Crippen LogP contribution < -0.4 is 5.32 Å². The molecule has 0 bridgehead atoms. The zero-order chi connectivity index (χ0) is 15.0. The van der Waals surface area contributed by atoms with Gasteiger partial charge in [0.2, 0.25) is 0 Å². The Morgan fingerprint density at radius 1 is 1.24 bits per heavy atom. The van der Waals surface area contributed by atoms with Crippen molar-refractivity contribution in [3.05, 3.63) is 63.7 Å². The average Bonchev–Trinajstić information content (AvgIpc) is 2.46. The van der Waals surface area contributed by atoms with Crippen molar-refractivity contribution in [2.75, 3.05) is 6.54 Å². The summed E-state index contributed by atoms with van der Waals surface area (Å²) in [6, 6.07) is 11.1. The van der Waals surface area contributed by atoms with Crippen molar-refractivity contribution in [3.8, 4) is 0 Å². The quantitative estimate of drug-likeness (QED) is 0.836. The fraction of sp³-hybridized carbons (Fsp3) is 0.250. The van der Waals surface area contributed by atoms with Crippen LogP contribution in [0.15, 0.2) is 41.3 Å². The largest absolute Gasteiger partial charge is 0.312 e. The molecule has 1 aliphatic heterocycles. The molecule has 1 aliphatic rings. The van der Waals surface area contributed by atoms with E-state index >= 15 is 0 Å². The monoisotopic (exact) mass is 321 g/mol. The highest BCUT2D eigenvalue weighted by molar-refractivity contribution is 7.72. The van der Waals surface area contributed by atoms with Crippen molar-refractivity contribution in [2.24, 2.45) is 0 Å². The highest BCUT2D eigenvalue weighted by Crippen LogP contribution is 2.34. The summed E-state index contributed by atoms with van der Waals surface area (Å²) in [5.74, 6) is 0.126. The van der Waals surface area contributed by atoms with Gasteiger partial charge in [0.15, 0.2) is 10.7 Å². The molecule has 2 aromatic carbocycles. The molecule has 0 amide bonds. The maximum absolute atomic E-state index is 11.2. The number of halogens is 1. The van der Waals surface area contributed by atoms with Gasteiger partial charge < -0.3 is 5.32 Å². The van der Waals surface area contributed by atoms with E-state index in [9.17, 15) is 8.42 Å². The van der Waals surface area contributed by atoms with Crippen LogP contribution in [0.25, 0.3) is 0 Å². The molecule has 1 N–H and O–H groups in total. The Kier molecular flexibility index (Phi) is 4.02. The molecule has 21 heavy (non-hydrogen) atoms. The van der Waals surface area contributed by atoms with Crippen molar-refractivity contribution >= 4 is 22.3 Å². The van der Waals surface area contributed by atoms with Crippen LogP contribution in [0, 0.1) is 6.92 Å². The minimum absolute atomic E-state index is 0.126. The van der Waals surface area contributed by atoms with Crippen molar-refractivity contribution in [1.29, 1.82) is 0 Å². The van der Waals surface area contributed by atoms with Gasteiger partial charge in [-0.2, -0.15) is 0 Å². The molecule has 0 saturated heterocycles. The summed E-state index contributed by atoms with van der Waals surface area (Å²) in [6.07, 6.45) is 0. The molecule has 0 fully saturated rings. The van der Waals surface area contributed by atoms with Crippen LogP contribution in [0.5, 0.6) is 0 Å². The van der Waals surface area contributed by atoms with Crippen molar-refractivity contribution < 1.29 is 8.42 Å². The SMILES string of the molecule is Cc1cc(Cl)cc2c1CNC[C@H]2c1cccc([SH](=O)=O)c1. The summed E-state index contributed by atoms with van der Waals surface area (Å²) in [4.78, 5) is 0.355. The number of benzene rings is 2. The van der Waals surface area contributed by atoms with Crippen LogP contribution in [-0.2, 0) is 17.2 Å². The van der Waals surface area contributed by atoms with E-state index in [4.69, 9.17) is 11.6 Å². The summed E-state index contributed by atoms with van der Waals surface area (Å²) in [5.41, 5.74) is 4.62. The van der Waals surface area contributed by atoms with E-state index in [0.29, 0.717) is 4.90 Å². The molecular weight excluding hydrogens is 306 g/mol. The lowest BCUT2D eigenvalue weighted by atomic mass is 9.84. The van der Waals surface area contributed by atoms with Gasteiger partial charge in [-0.15, -0.1) is 0 Å². The number of hydrogen-bond donors (Lipinski definition) is 2. The number of nitrogens with one attached hydrogen (secondary N) is 1. The maximum Gasteiger partial charge on any atom is 0.168 e. The lowest BCUT2D eigenvalue weighted by Crippen LogP contribution is -2.29. The molecule has 5 heteroatoms. The third kappa shape index (κ3) is 2.84. The van der Waals surface area contributed by atoms with Crippen LogP contribution in [0.3, 0.4) is 0 Å². The van der Waals surface area contributed by atoms with Crippen molar-refractivity contribution in [3.63, 3.8) is 0 Å². The van der Waals surface area contributed by atoms with E-state index in [-0.39, 0.29) is 5.92 Å². The Labute approximate surface area is 130 Å². The Morgan fingerprint density at radius 2 is 2.05 bits per heavy atom. The number of rotatable bonds is 2. The number of thiol groups is 1. The van der Waals surface area contributed by atoms with Crippen LogP contribution in [0.2, 0.25) is 5.02 Å². The summed E-state index contributed by atoms with van der Waals surface area (Å²) >= 11 is 6.20.